The molecule has 1 aliphatic rings. The highest BCUT2D eigenvalue weighted by Gasteiger charge is 2.15. The highest BCUT2D eigenvalue weighted by Crippen LogP contribution is 2.26. The molecule has 3 heterocycles. The minimum Gasteiger partial charge on any atom is -0.358 e. The van der Waals surface area contributed by atoms with Crippen LogP contribution in [0.4, 0.5) is 10.2 Å². The minimum atomic E-state index is -0.259. The van der Waals surface area contributed by atoms with E-state index in [-0.39, 0.29) is 5.82 Å². The van der Waals surface area contributed by atoms with Crippen molar-refractivity contribution in [2.75, 3.05) is 38.1 Å². The van der Waals surface area contributed by atoms with Gasteiger partial charge in [-0.2, -0.15) is 9.61 Å². The van der Waals surface area contributed by atoms with Gasteiger partial charge in [0.2, 0.25) is 0 Å². The number of likely N-dealkylation sites (N-methyl/N-ethyl adjacent to an activating group) is 1. The fourth-order valence-electron chi connectivity index (χ4n) is 3.56. The van der Waals surface area contributed by atoms with Gasteiger partial charge in [0.15, 0.2) is 5.65 Å². The number of benzene rings is 1. The molecule has 1 aliphatic heterocycles. The van der Waals surface area contributed by atoms with E-state index < -0.39 is 0 Å². The van der Waals surface area contributed by atoms with Crippen molar-refractivity contribution in [3.8, 4) is 11.3 Å². The largest absolute Gasteiger partial charge is 0.358 e. The van der Waals surface area contributed by atoms with E-state index in [1.807, 2.05) is 22.7 Å². The van der Waals surface area contributed by atoms with Crippen LogP contribution in [-0.4, -0.2) is 52.7 Å². The lowest BCUT2D eigenvalue weighted by atomic mass is 10.1. The number of nitrogens with zero attached hydrogens (tertiary/aromatic N) is 5. The molecule has 0 saturated carbocycles. The second-order valence-corrected chi connectivity index (χ2v) is 6.90. The normalized spacial score (nSPS) is 15.5. The van der Waals surface area contributed by atoms with Crippen molar-refractivity contribution in [2.24, 2.45) is 0 Å². The molecule has 136 valence electrons. The molecule has 4 rings (SSSR count). The van der Waals surface area contributed by atoms with Gasteiger partial charge in [-0.1, -0.05) is 18.6 Å². The Kier molecular flexibility index (Phi) is 4.84. The molecule has 0 atom stereocenters. The van der Waals surface area contributed by atoms with Crippen molar-refractivity contribution < 1.29 is 4.39 Å². The van der Waals surface area contributed by atoms with Crippen molar-refractivity contribution in [2.45, 2.75) is 19.3 Å². The number of hydrogen-bond acceptors (Lipinski definition) is 4. The molecule has 0 unspecified atom stereocenters. The number of fused-ring (bicyclic) bond motifs is 1. The first-order valence-corrected chi connectivity index (χ1v) is 9.25. The van der Waals surface area contributed by atoms with Gasteiger partial charge in [0.25, 0.3) is 0 Å². The fourth-order valence-corrected chi connectivity index (χ4v) is 3.56. The van der Waals surface area contributed by atoms with E-state index in [0.717, 1.165) is 24.6 Å². The molecule has 26 heavy (non-hydrogen) atoms. The summed E-state index contributed by atoms with van der Waals surface area (Å²) in [6, 6.07) is 10.5. The molecule has 0 radical (unpaired) electrons. The maximum Gasteiger partial charge on any atom is 0.157 e. The molecule has 0 N–H and O–H groups in total. The molecular weight excluding hydrogens is 329 g/mol. The number of likely N-dealkylation sites (tertiary alicyclic amines) is 1. The van der Waals surface area contributed by atoms with E-state index in [1.165, 1.54) is 38.4 Å². The third kappa shape index (κ3) is 3.42. The van der Waals surface area contributed by atoms with E-state index in [1.54, 1.807) is 18.3 Å². The summed E-state index contributed by atoms with van der Waals surface area (Å²) in [6.07, 6.45) is 5.66. The highest BCUT2D eigenvalue weighted by atomic mass is 19.1. The first-order chi connectivity index (χ1) is 12.7. The Morgan fingerprint density at radius 3 is 2.73 bits per heavy atom. The standard InChI is InChI=1S/C20H24FN5/c1-24(13-14-25-11-5-2-6-12-25)20-15-18(16-7-3-4-8-17(16)21)23-19-9-10-22-26(19)20/h3-4,7-10,15H,2,5-6,11-14H2,1H3. The number of anilines is 1. The van der Waals surface area contributed by atoms with Crippen LogP contribution in [0.3, 0.4) is 0 Å². The van der Waals surface area contributed by atoms with Crippen LogP contribution < -0.4 is 4.90 Å². The van der Waals surface area contributed by atoms with Crippen molar-refractivity contribution in [3.63, 3.8) is 0 Å². The SMILES string of the molecule is CN(CCN1CCCCC1)c1cc(-c2ccccc2F)nc2ccnn12. The van der Waals surface area contributed by atoms with Crippen LogP contribution in [0, 0.1) is 5.82 Å². The van der Waals surface area contributed by atoms with Gasteiger partial charge in [0, 0.05) is 37.8 Å². The van der Waals surface area contributed by atoms with Crippen molar-refractivity contribution in [3.05, 3.63) is 48.4 Å². The fraction of sp³-hybridized carbons (Fsp3) is 0.400. The summed E-state index contributed by atoms with van der Waals surface area (Å²) >= 11 is 0. The minimum absolute atomic E-state index is 0.259. The molecule has 0 spiro atoms. The van der Waals surface area contributed by atoms with Gasteiger partial charge in [0.1, 0.15) is 11.6 Å². The smallest absolute Gasteiger partial charge is 0.157 e. The van der Waals surface area contributed by atoms with Gasteiger partial charge in [-0.05, 0) is 38.1 Å². The maximum absolute atomic E-state index is 14.2. The third-order valence-electron chi connectivity index (χ3n) is 5.08. The van der Waals surface area contributed by atoms with E-state index in [0.29, 0.717) is 11.3 Å². The van der Waals surface area contributed by atoms with Gasteiger partial charge < -0.3 is 9.80 Å². The van der Waals surface area contributed by atoms with Crippen LogP contribution in [0.2, 0.25) is 0 Å². The highest BCUT2D eigenvalue weighted by molar-refractivity contribution is 5.67. The van der Waals surface area contributed by atoms with Crippen LogP contribution >= 0.6 is 0 Å². The summed E-state index contributed by atoms with van der Waals surface area (Å²) in [4.78, 5) is 9.28. The van der Waals surface area contributed by atoms with E-state index in [9.17, 15) is 4.39 Å². The second kappa shape index (κ2) is 7.41. The van der Waals surface area contributed by atoms with Crippen molar-refractivity contribution >= 4 is 11.5 Å². The molecule has 2 aromatic heterocycles. The summed E-state index contributed by atoms with van der Waals surface area (Å²) in [5, 5.41) is 4.40. The van der Waals surface area contributed by atoms with Crippen molar-refractivity contribution in [1.82, 2.24) is 19.5 Å². The topological polar surface area (TPSA) is 36.7 Å². The summed E-state index contributed by atoms with van der Waals surface area (Å²) in [5.41, 5.74) is 1.88. The molecule has 6 heteroatoms. The Hall–Kier alpha value is -2.47. The molecular formula is C20H24FN5. The van der Waals surface area contributed by atoms with Gasteiger partial charge in [0.05, 0.1) is 11.9 Å². The number of hydrogen-bond donors (Lipinski definition) is 0. The first kappa shape index (κ1) is 17.0. The second-order valence-electron chi connectivity index (χ2n) is 6.90. The molecule has 0 aliphatic carbocycles. The number of piperidine rings is 1. The zero-order valence-electron chi connectivity index (χ0n) is 15.1. The average molecular weight is 353 g/mol. The Morgan fingerprint density at radius 2 is 1.92 bits per heavy atom. The third-order valence-corrected chi connectivity index (χ3v) is 5.08. The number of halogens is 1. The molecule has 1 aromatic carbocycles. The van der Waals surface area contributed by atoms with Crippen LogP contribution in [0.15, 0.2) is 42.6 Å². The molecule has 3 aromatic rings. The summed E-state index contributed by atoms with van der Waals surface area (Å²) in [6.45, 7) is 4.29. The summed E-state index contributed by atoms with van der Waals surface area (Å²) in [5.74, 6) is 0.668. The van der Waals surface area contributed by atoms with Gasteiger partial charge in [-0.25, -0.2) is 9.37 Å². The van der Waals surface area contributed by atoms with E-state index in [4.69, 9.17) is 0 Å². The summed E-state index contributed by atoms with van der Waals surface area (Å²) < 4.78 is 16.1. The predicted octanol–water partition coefficient (Wildman–Crippen LogP) is 3.46. The van der Waals surface area contributed by atoms with Crippen LogP contribution in [0.1, 0.15) is 19.3 Å². The number of rotatable bonds is 5. The van der Waals surface area contributed by atoms with Crippen molar-refractivity contribution in [1.29, 1.82) is 0 Å². The Morgan fingerprint density at radius 1 is 1.12 bits per heavy atom. The lowest BCUT2D eigenvalue weighted by molar-refractivity contribution is 0.234. The van der Waals surface area contributed by atoms with Gasteiger partial charge in [-0.15, -0.1) is 0 Å². The summed E-state index contributed by atoms with van der Waals surface area (Å²) in [7, 11) is 2.06. The maximum atomic E-state index is 14.2. The van der Waals surface area contributed by atoms with Crippen LogP contribution in [-0.2, 0) is 0 Å². The Bertz CT molecular complexity index is 885. The van der Waals surface area contributed by atoms with Gasteiger partial charge in [-0.3, -0.25) is 0 Å². The lowest BCUT2D eigenvalue weighted by Crippen LogP contribution is -2.37. The zero-order valence-corrected chi connectivity index (χ0v) is 15.1. The first-order valence-electron chi connectivity index (χ1n) is 9.25. The molecule has 1 saturated heterocycles. The lowest BCUT2D eigenvalue weighted by Gasteiger charge is -2.29. The predicted molar refractivity (Wildman–Crippen MR) is 102 cm³/mol. The molecule has 1 fully saturated rings. The quantitative estimate of drug-likeness (QED) is 0.704. The molecule has 0 amide bonds. The van der Waals surface area contributed by atoms with E-state index in [2.05, 4.69) is 26.9 Å². The number of aromatic nitrogens is 3. The Labute approximate surface area is 153 Å². The monoisotopic (exact) mass is 353 g/mol. The Balaban J connectivity index is 1.63. The van der Waals surface area contributed by atoms with Crippen LogP contribution in [0.5, 0.6) is 0 Å². The van der Waals surface area contributed by atoms with E-state index >= 15 is 0 Å². The van der Waals surface area contributed by atoms with Gasteiger partial charge >= 0.3 is 0 Å². The molecule has 5 nitrogen and oxygen atoms in total. The van der Waals surface area contributed by atoms with Crippen LogP contribution in [0.25, 0.3) is 16.9 Å². The average Bonchev–Trinajstić information content (AvgIpc) is 3.15. The molecule has 0 bridgehead atoms. The zero-order chi connectivity index (χ0) is 17.9.